The maximum atomic E-state index is 13.9. The highest BCUT2D eigenvalue weighted by molar-refractivity contribution is 5.85. The van der Waals surface area contributed by atoms with Gasteiger partial charge < -0.3 is 10.0 Å². The molecule has 1 unspecified atom stereocenters. The van der Waals surface area contributed by atoms with Crippen molar-refractivity contribution in [3.63, 3.8) is 0 Å². The SMILES string of the molecule is CC(CC#N)N(C)c1ccc(/C=C/C(=O)O)cc1F. The predicted molar refractivity (Wildman–Crippen MR) is 71.2 cm³/mol. The molecule has 0 heterocycles. The second-order valence-electron chi connectivity index (χ2n) is 4.20. The normalized spacial score (nSPS) is 12.1. The average Bonchev–Trinajstić information content (AvgIpc) is 2.36. The van der Waals surface area contributed by atoms with E-state index >= 15 is 0 Å². The molecule has 0 aliphatic heterocycles. The lowest BCUT2D eigenvalue weighted by atomic mass is 10.1. The van der Waals surface area contributed by atoms with Crippen LogP contribution in [0.25, 0.3) is 6.08 Å². The zero-order valence-electron chi connectivity index (χ0n) is 10.8. The maximum absolute atomic E-state index is 13.9. The Bertz CT molecular complexity index is 535. The second kappa shape index (κ2) is 6.55. The van der Waals surface area contributed by atoms with Gasteiger partial charge in [-0.05, 0) is 30.7 Å². The van der Waals surface area contributed by atoms with Crippen LogP contribution in [-0.2, 0) is 4.79 Å². The van der Waals surface area contributed by atoms with Gasteiger partial charge >= 0.3 is 5.97 Å². The van der Waals surface area contributed by atoms with E-state index in [1.807, 2.05) is 13.0 Å². The molecule has 1 atom stereocenters. The van der Waals surface area contributed by atoms with Crippen molar-refractivity contribution in [2.24, 2.45) is 0 Å². The number of carboxylic acid groups (broad SMARTS) is 1. The van der Waals surface area contributed by atoms with Crippen LogP contribution in [-0.4, -0.2) is 24.2 Å². The summed E-state index contributed by atoms with van der Waals surface area (Å²) in [5, 5.41) is 17.1. The lowest BCUT2D eigenvalue weighted by molar-refractivity contribution is -0.131. The Kier molecular flexibility index (Phi) is 5.07. The first kappa shape index (κ1) is 14.7. The number of anilines is 1. The molecule has 0 spiro atoms. The average molecular weight is 262 g/mol. The van der Waals surface area contributed by atoms with E-state index in [0.717, 1.165) is 6.08 Å². The Hall–Kier alpha value is -2.35. The molecule has 0 aliphatic rings. The monoisotopic (exact) mass is 262 g/mol. The van der Waals surface area contributed by atoms with E-state index in [4.69, 9.17) is 10.4 Å². The Labute approximate surface area is 111 Å². The summed E-state index contributed by atoms with van der Waals surface area (Å²) >= 11 is 0. The number of hydrogen-bond acceptors (Lipinski definition) is 3. The van der Waals surface area contributed by atoms with Crippen molar-refractivity contribution in [3.05, 3.63) is 35.7 Å². The third kappa shape index (κ3) is 4.11. The molecule has 5 heteroatoms. The van der Waals surface area contributed by atoms with Crippen LogP contribution in [0, 0.1) is 17.1 Å². The van der Waals surface area contributed by atoms with Gasteiger partial charge in [-0.1, -0.05) is 6.07 Å². The third-order valence-electron chi connectivity index (χ3n) is 2.82. The molecule has 0 amide bonds. The molecule has 0 aliphatic carbocycles. The Morgan fingerprint density at radius 3 is 2.84 bits per heavy atom. The van der Waals surface area contributed by atoms with Gasteiger partial charge in [0, 0.05) is 19.2 Å². The van der Waals surface area contributed by atoms with E-state index in [0.29, 0.717) is 17.7 Å². The second-order valence-corrected chi connectivity index (χ2v) is 4.20. The van der Waals surface area contributed by atoms with Crippen molar-refractivity contribution in [1.82, 2.24) is 0 Å². The summed E-state index contributed by atoms with van der Waals surface area (Å²) in [5.74, 6) is -1.52. The van der Waals surface area contributed by atoms with E-state index < -0.39 is 11.8 Å². The largest absolute Gasteiger partial charge is 0.478 e. The van der Waals surface area contributed by atoms with Crippen molar-refractivity contribution in [1.29, 1.82) is 5.26 Å². The smallest absolute Gasteiger partial charge is 0.328 e. The first-order chi connectivity index (χ1) is 8.95. The molecule has 0 bridgehead atoms. The molecule has 0 aromatic heterocycles. The minimum absolute atomic E-state index is 0.0973. The number of nitriles is 1. The molecule has 1 aromatic carbocycles. The lowest BCUT2D eigenvalue weighted by Gasteiger charge is -2.25. The van der Waals surface area contributed by atoms with E-state index in [1.54, 1.807) is 24.1 Å². The van der Waals surface area contributed by atoms with Crippen LogP contribution in [0.4, 0.5) is 10.1 Å². The number of hydrogen-bond donors (Lipinski definition) is 1. The van der Waals surface area contributed by atoms with Gasteiger partial charge in [0.25, 0.3) is 0 Å². The van der Waals surface area contributed by atoms with Crippen LogP contribution >= 0.6 is 0 Å². The summed E-state index contributed by atoms with van der Waals surface area (Å²) in [6, 6.07) is 6.42. The van der Waals surface area contributed by atoms with Crippen molar-refractivity contribution in [2.75, 3.05) is 11.9 Å². The van der Waals surface area contributed by atoms with Crippen molar-refractivity contribution < 1.29 is 14.3 Å². The van der Waals surface area contributed by atoms with Crippen LogP contribution in [0.5, 0.6) is 0 Å². The first-order valence-electron chi connectivity index (χ1n) is 5.76. The highest BCUT2D eigenvalue weighted by Gasteiger charge is 2.13. The fourth-order valence-corrected chi connectivity index (χ4v) is 1.59. The molecule has 1 N–H and O–H groups in total. The highest BCUT2D eigenvalue weighted by atomic mass is 19.1. The van der Waals surface area contributed by atoms with E-state index in [-0.39, 0.29) is 6.04 Å². The van der Waals surface area contributed by atoms with Gasteiger partial charge in [-0.25, -0.2) is 9.18 Å². The van der Waals surface area contributed by atoms with Crippen LogP contribution in [0.2, 0.25) is 0 Å². The van der Waals surface area contributed by atoms with Gasteiger partial charge in [-0.3, -0.25) is 0 Å². The summed E-state index contributed by atoms with van der Waals surface area (Å²) in [5.41, 5.74) is 0.861. The minimum Gasteiger partial charge on any atom is -0.478 e. The molecule has 4 nitrogen and oxygen atoms in total. The molecule has 100 valence electrons. The molecule has 0 radical (unpaired) electrons. The number of aliphatic carboxylic acids is 1. The van der Waals surface area contributed by atoms with Gasteiger partial charge in [0.2, 0.25) is 0 Å². The zero-order valence-corrected chi connectivity index (χ0v) is 10.8. The third-order valence-corrected chi connectivity index (χ3v) is 2.82. The number of rotatable bonds is 5. The Morgan fingerprint density at radius 2 is 2.32 bits per heavy atom. The number of halogens is 1. The van der Waals surface area contributed by atoms with Crippen LogP contribution < -0.4 is 4.90 Å². The summed E-state index contributed by atoms with van der Waals surface area (Å²) < 4.78 is 13.9. The number of carbonyl (C=O) groups is 1. The molecular formula is C14H15FN2O2. The maximum Gasteiger partial charge on any atom is 0.328 e. The van der Waals surface area contributed by atoms with Gasteiger partial charge in [-0.2, -0.15) is 5.26 Å². The summed E-state index contributed by atoms with van der Waals surface area (Å²) in [6.07, 6.45) is 2.58. The van der Waals surface area contributed by atoms with Crippen LogP contribution in [0.15, 0.2) is 24.3 Å². The van der Waals surface area contributed by atoms with Gasteiger partial charge in [0.15, 0.2) is 0 Å². The number of benzene rings is 1. The topological polar surface area (TPSA) is 64.3 Å². The van der Waals surface area contributed by atoms with E-state index in [9.17, 15) is 9.18 Å². The predicted octanol–water partition coefficient (Wildman–Crippen LogP) is 2.66. The van der Waals surface area contributed by atoms with Crippen molar-refractivity contribution >= 4 is 17.7 Å². The summed E-state index contributed by atoms with van der Waals surface area (Å²) in [7, 11) is 1.72. The highest BCUT2D eigenvalue weighted by Crippen LogP contribution is 2.22. The fourth-order valence-electron chi connectivity index (χ4n) is 1.59. The quantitative estimate of drug-likeness (QED) is 0.828. The standard InChI is InChI=1S/C14H15FN2O2/c1-10(7-8-16)17(2)13-5-3-11(9-12(13)15)4-6-14(18)19/h3-6,9-10H,7H2,1-2H3,(H,18,19)/b6-4+. The van der Waals surface area contributed by atoms with E-state index in [1.165, 1.54) is 12.1 Å². The molecule has 0 fully saturated rings. The molecular weight excluding hydrogens is 247 g/mol. The number of carboxylic acids is 1. The number of nitrogens with zero attached hydrogens (tertiary/aromatic N) is 2. The molecule has 1 aromatic rings. The molecule has 0 saturated carbocycles. The molecule has 0 saturated heterocycles. The Balaban J connectivity index is 2.94. The van der Waals surface area contributed by atoms with Crippen molar-refractivity contribution in [3.8, 4) is 6.07 Å². The fraction of sp³-hybridized carbons (Fsp3) is 0.286. The Morgan fingerprint density at radius 1 is 1.63 bits per heavy atom. The first-order valence-corrected chi connectivity index (χ1v) is 5.76. The zero-order chi connectivity index (χ0) is 14.4. The summed E-state index contributed by atoms with van der Waals surface area (Å²) in [6.45, 7) is 1.83. The van der Waals surface area contributed by atoms with Crippen LogP contribution in [0.1, 0.15) is 18.9 Å². The van der Waals surface area contributed by atoms with Crippen molar-refractivity contribution in [2.45, 2.75) is 19.4 Å². The molecule has 1 rings (SSSR count). The molecule has 19 heavy (non-hydrogen) atoms. The van der Waals surface area contributed by atoms with Gasteiger partial charge in [0.05, 0.1) is 18.2 Å². The van der Waals surface area contributed by atoms with Crippen LogP contribution in [0.3, 0.4) is 0 Å². The van der Waals surface area contributed by atoms with E-state index in [2.05, 4.69) is 0 Å². The minimum atomic E-state index is -1.08. The lowest BCUT2D eigenvalue weighted by Crippen LogP contribution is -2.29. The summed E-state index contributed by atoms with van der Waals surface area (Å²) in [4.78, 5) is 12.1. The van der Waals surface area contributed by atoms with Gasteiger partial charge in [0.1, 0.15) is 5.82 Å². The van der Waals surface area contributed by atoms with Gasteiger partial charge in [-0.15, -0.1) is 0 Å².